The molecule has 0 aromatic heterocycles. The Bertz CT molecular complexity index is 2310. The zero-order valence-corrected chi connectivity index (χ0v) is 35.6. The minimum absolute atomic E-state index is 0.0458. The molecule has 6 bridgehead atoms. The van der Waals surface area contributed by atoms with Crippen molar-refractivity contribution < 1.29 is 64.0 Å². The van der Waals surface area contributed by atoms with E-state index >= 15 is 0 Å². The molecule has 3 aliphatic rings. The second-order valence-corrected chi connectivity index (χ2v) is 16.6. The average molecular weight is 889 g/mol. The van der Waals surface area contributed by atoms with Gasteiger partial charge in [0, 0.05) is 40.4 Å². The molecule has 1 fully saturated rings. The van der Waals surface area contributed by atoms with E-state index in [0.29, 0.717) is 28.4 Å². The highest BCUT2D eigenvalue weighted by Gasteiger charge is 2.48. The lowest BCUT2D eigenvalue weighted by Gasteiger charge is -2.36. The Morgan fingerprint density at radius 3 is 1.81 bits per heavy atom. The number of nitrogens with one attached hydrogen (secondary N) is 3. The van der Waals surface area contributed by atoms with Crippen LogP contribution in [0.15, 0.2) is 66.7 Å². The van der Waals surface area contributed by atoms with E-state index in [9.17, 15) is 50.4 Å². The van der Waals surface area contributed by atoms with Gasteiger partial charge in [-0.1, -0.05) is 30.3 Å². The van der Waals surface area contributed by atoms with E-state index in [1.54, 1.807) is 42.5 Å². The molecule has 6 atom stereocenters. The molecule has 3 aromatic carbocycles. The van der Waals surface area contributed by atoms with Crippen LogP contribution in [0, 0.1) is 0 Å². The van der Waals surface area contributed by atoms with Crippen LogP contribution in [0.1, 0.15) is 37.5 Å². The molecule has 17 nitrogen and oxygen atoms in total. The van der Waals surface area contributed by atoms with Crippen LogP contribution in [0.5, 0.6) is 23.0 Å². The van der Waals surface area contributed by atoms with Crippen molar-refractivity contribution in [2.24, 2.45) is 0 Å². The lowest BCUT2D eigenvalue weighted by atomic mass is 9.98. The number of carbonyl (C=O) groups is 6. The topological polar surface area (TPSA) is 210 Å². The zero-order chi connectivity index (χ0) is 45.8. The maximum Gasteiger partial charge on any atom is 0.534 e. The molecule has 334 valence electrons. The quantitative estimate of drug-likeness (QED) is 0.250. The summed E-state index contributed by atoms with van der Waals surface area (Å²) in [6.07, 6.45) is -0.427. The maximum absolute atomic E-state index is 14.7. The van der Waals surface area contributed by atoms with Gasteiger partial charge in [-0.3, -0.25) is 28.8 Å². The third-order valence-corrected chi connectivity index (χ3v) is 11.6. The number of halogens is 3. The van der Waals surface area contributed by atoms with Gasteiger partial charge in [-0.05, 0) is 73.9 Å². The van der Waals surface area contributed by atoms with E-state index in [4.69, 9.17) is 9.47 Å². The molecule has 3 aromatic rings. The van der Waals surface area contributed by atoms with Gasteiger partial charge in [0.1, 0.15) is 47.8 Å². The Morgan fingerprint density at radius 1 is 0.677 bits per heavy atom. The van der Waals surface area contributed by atoms with Crippen molar-refractivity contribution >= 4 is 45.6 Å². The van der Waals surface area contributed by atoms with E-state index in [1.165, 1.54) is 66.1 Å². The fraction of sp³-hybridized carbons (Fsp3) is 0.415. The third-order valence-electron chi connectivity index (χ3n) is 10.6. The van der Waals surface area contributed by atoms with Crippen LogP contribution in [-0.2, 0) is 58.1 Å². The minimum atomic E-state index is -5.98. The summed E-state index contributed by atoms with van der Waals surface area (Å²) in [5.74, 6) is -4.01. The summed E-state index contributed by atoms with van der Waals surface area (Å²) in [4.78, 5) is 87.9. The molecule has 0 spiro atoms. The molecule has 6 amide bonds. The van der Waals surface area contributed by atoms with Crippen LogP contribution in [-0.4, -0.2) is 129 Å². The van der Waals surface area contributed by atoms with Gasteiger partial charge in [0.05, 0.1) is 7.11 Å². The van der Waals surface area contributed by atoms with Crippen molar-refractivity contribution in [1.29, 1.82) is 0 Å². The van der Waals surface area contributed by atoms with Crippen molar-refractivity contribution in [2.45, 2.75) is 81.8 Å². The second-order valence-electron chi connectivity index (χ2n) is 15.1. The predicted octanol–water partition coefficient (Wildman–Crippen LogP) is 2.07. The van der Waals surface area contributed by atoms with Gasteiger partial charge in [0.15, 0.2) is 11.5 Å². The molecule has 0 radical (unpaired) electrons. The van der Waals surface area contributed by atoms with Gasteiger partial charge < -0.3 is 44.3 Å². The predicted molar refractivity (Wildman–Crippen MR) is 215 cm³/mol. The Balaban J connectivity index is 1.54. The summed E-state index contributed by atoms with van der Waals surface area (Å²) in [5, 5.41) is 7.77. The van der Waals surface area contributed by atoms with Crippen LogP contribution in [0.4, 0.5) is 13.2 Å². The minimum Gasteiger partial charge on any atom is -0.493 e. The average Bonchev–Trinajstić information content (AvgIpc) is 3.22. The lowest BCUT2D eigenvalue weighted by molar-refractivity contribution is -0.149. The number of benzene rings is 3. The third kappa shape index (κ3) is 10.6. The van der Waals surface area contributed by atoms with Crippen LogP contribution in [0.3, 0.4) is 0 Å². The number of rotatable bonds is 5. The molecule has 3 N–H and O–H groups in total. The number of carbonyl (C=O) groups excluding carboxylic acids is 6. The molecule has 0 unspecified atom stereocenters. The van der Waals surface area contributed by atoms with Gasteiger partial charge in [-0.15, -0.1) is 0 Å². The number of alkyl halides is 3. The largest absolute Gasteiger partial charge is 0.534 e. The van der Waals surface area contributed by atoms with Crippen molar-refractivity contribution in [1.82, 2.24) is 30.7 Å². The van der Waals surface area contributed by atoms with Gasteiger partial charge >= 0.3 is 15.6 Å². The van der Waals surface area contributed by atoms with Gasteiger partial charge in [0.2, 0.25) is 35.4 Å². The molecule has 3 aliphatic heterocycles. The van der Waals surface area contributed by atoms with Gasteiger partial charge in [-0.25, -0.2) is 0 Å². The maximum atomic E-state index is 14.7. The number of fused-ring (bicyclic) bond motifs is 2. The monoisotopic (exact) mass is 888 g/mol. The Hall–Kier alpha value is -6.38. The lowest BCUT2D eigenvalue weighted by Crippen LogP contribution is -2.61. The highest BCUT2D eigenvalue weighted by Crippen LogP contribution is 2.34. The number of methoxy groups -OCH3 is 1. The van der Waals surface area contributed by atoms with Crippen molar-refractivity contribution in [3.05, 3.63) is 83.4 Å². The van der Waals surface area contributed by atoms with E-state index in [0.717, 1.165) is 21.9 Å². The fourth-order valence-corrected chi connectivity index (χ4v) is 7.39. The van der Waals surface area contributed by atoms with E-state index < -0.39 is 93.1 Å². The molecule has 1 saturated heterocycles. The number of ether oxygens (including phenoxy) is 2. The molecular formula is C41H47F3N6O11S. The molecular weight excluding hydrogens is 842 g/mol. The molecule has 0 aliphatic carbocycles. The van der Waals surface area contributed by atoms with Gasteiger partial charge in [-0.2, -0.15) is 21.6 Å². The highest BCUT2D eigenvalue weighted by molar-refractivity contribution is 7.88. The van der Waals surface area contributed by atoms with Crippen molar-refractivity contribution in [3.8, 4) is 23.0 Å². The second kappa shape index (κ2) is 18.7. The Kier molecular flexibility index (Phi) is 14.1. The summed E-state index contributed by atoms with van der Waals surface area (Å²) in [7, 11) is -0.473. The van der Waals surface area contributed by atoms with Gasteiger partial charge in [0.25, 0.3) is 0 Å². The molecule has 6 rings (SSSR count). The van der Waals surface area contributed by atoms with Crippen molar-refractivity contribution in [2.75, 3.05) is 28.3 Å². The first kappa shape index (κ1) is 46.7. The standard InChI is InChI=1S/C41H47F3N6O11S/c1-22-35(51)46-23(2)38(54)48(4)30(18-25-10-15-29(16-11-25)61-62(57,58)41(42,43)44)37(53)47-24(3)39(55)50(6)32-19-26-8-13-28(14-9-26)60-34-21-27(12-17-33(34)59-7)20-31(36(52)45-22)49(5)40(32)56/h8-17,21-24,30-32H,18-20H2,1-7H3,(H,45,52)(H,46,51)(H,47,53)/t22-,23+,24+,30+,31-,32-/m0/s1. The summed E-state index contributed by atoms with van der Waals surface area (Å²) < 4.78 is 77.6. The van der Waals surface area contributed by atoms with E-state index in [-0.39, 0.29) is 24.8 Å². The summed E-state index contributed by atoms with van der Waals surface area (Å²) in [6, 6.07) is 8.22. The van der Waals surface area contributed by atoms with E-state index in [1.807, 2.05) is 0 Å². The zero-order valence-electron chi connectivity index (χ0n) is 34.8. The Morgan fingerprint density at radius 2 is 1.21 bits per heavy atom. The van der Waals surface area contributed by atoms with E-state index in [2.05, 4.69) is 20.1 Å². The Labute approximate surface area is 355 Å². The van der Waals surface area contributed by atoms with Crippen molar-refractivity contribution in [3.63, 3.8) is 0 Å². The number of amides is 6. The number of likely N-dealkylation sites (N-methyl/N-ethyl adjacent to an activating group) is 3. The molecule has 0 saturated carbocycles. The van der Waals surface area contributed by atoms with Crippen LogP contribution in [0.25, 0.3) is 0 Å². The first-order chi connectivity index (χ1) is 29.0. The molecule has 21 heteroatoms. The molecule has 3 heterocycles. The molecule has 62 heavy (non-hydrogen) atoms. The van der Waals surface area contributed by atoms with Crippen LogP contribution in [0.2, 0.25) is 0 Å². The summed E-state index contributed by atoms with van der Waals surface area (Å²) >= 11 is 0. The fourth-order valence-electron chi connectivity index (χ4n) is 6.93. The number of nitrogens with zero attached hydrogens (tertiary/aromatic N) is 3. The number of hydrogen-bond donors (Lipinski definition) is 3. The normalized spacial score (nSPS) is 23.7. The van der Waals surface area contributed by atoms with Crippen LogP contribution < -0.4 is 29.6 Å². The smallest absolute Gasteiger partial charge is 0.493 e. The SMILES string of the molecule is COc1ccc2cc1Oc1ccc(cc1)C[C@H]1C(=O)N(C)[C@@H](C2)C(=O)N[C@@H](C)C(=O)N[C@H](C)C(=O)N(C)[C@H](Cc2ccc(OS(=O)(=O)C(F)(F)F)cc2)C(=O)N[C@H](C)C(=O)N1C. The summed E-state index contributed by atoms with van der Waals surface area (Å²) in [6.45, 7) is 4.08. The van der Waals surface area contributed by atoms with Crippen LogP contribution >= 0.6 is 0 Å². The first-order valence-electron chi connectivity index (χ1n) is 19.3. The first-order valence-corrected chi connectivity index (χ1v) is 20.7. The summed E-state index contributed by atoms with van der Waals surface area (Å²) in [5.41, 5.74) is -4.29. The highest BCUT2D eigenvalue weighted by atomic mass is 32.2. The number of hydrogen-bond acceptors (Lipinski definition) is 11.